The molecule has 25 heavy (non-hydrogen) atoms. The molecule has 0 aliphatic carbocycles. The van der Waals surface area contributed by atoms with Crippen LogP contribution in [-0.2, 0) is 4.74 Å². The molecule has 0 saturated carbocycles. The van der Waals surface area contributed by atoms with Gasteiger partial charge in [0, 0.05) is 5.56 Å². The summed E-state index contributed by atoms with van der Waals surface area (Å²) in [6.07, 6.45) is 1.60. The number of alkyl carbamates (subject to hydrolysis) is 1. The highest BCUT2D eigenvalue weighted by Crippen LogP contribution is 2.37. The van der Waals surface area contributed by atoms with Crippen molar-refractivity contribution in [2.75, 3.05) is 20.3 Å². The van der Waals surface area contributed by atoms with E-state index in [1.54, 1.807) is 14.0 Å². The van der Waals surface area contributed by atoms with Gasteiger partial charge < -0.3 is 19.5 Å². The average Bonchev–Trinajstić information content (AvgIpc) is 2.64. The molecule has 0 radical (unpaired) electrons. The Morgan fingerprint density at radius 2 is 2.08 bits per heavy atom. The summed E-state index contributed by atoms with van der Waals surface area (Å²) >= 11 is 0. The number of amides is 1. The Balaban J connectivity index is 2.01. The minimum absolute atomic E-state index is 0.307. The Bertz CT molecular complexity index is 771. The van der Waals surface area contributed by atoms with Crippen LogP contribution in [0, 0.1) is 0 Å². The first kappa shape index (κ1) is 16.9. The SMILES string of the molecule is CCOC(=O)NC1COc2ccc(OC)cc2/C1=C\c1ccccc1. The van der Waals surface area contributed by atoms with E-state index in [0.29, 0.717) is 13.2 Å². The summed E-state index contributed by atoms with van der Waals surface area (Å²) in [5.41, 5.74) is 2.90. The van der Waals surface area contributed by atoms with Crippen molar-refractivity contribution in [3.63, 3.8) is 0 Å². The van der Waals surface area contributed by atoms with E-state index in [1.165, 1.54) is 0 Å². The first-order valence-electron chi connectivity index (χ1n) is 8.22. The highest BCUT2D eigenvalue weighted by molar-refractivity contribution is 5.89. The van der Waals surface area contributed by atoms with Gasteiger partial charge in [0.1, 0.15) is 18.1 Å². The van der Waals surface area contributed by atoms with Crippen molar-refractivity contribution in [1.82, 2.24) is 5.32 Å². The second-order valence-corrected chi connectivity index (χ2v) is 5.60. The van der Waals surface area contributed by atoms with E-state index in [9.17, 15) is 4.79 Å². The minimum atomic E-state index is -0.457. The van der Waals surface area contributed by atoms with E-state index in [-0.39, 0.29) is 6.04 Å². The van der Waals surface area contributed by atoms with Crippen molar-refractivity contribution < 1.29 is 19.0 Å². The van der Waals surface area contributed by atoms with Crippen LogP contribution in [0.2, 0.25) is 0 Å². The largest absolute Gasteiger partial charge is 0.497 e. The molecule has 0 bridgehead atoms. The number of nitrogens with one attached hydrogen (secondary N) is 1. The number of methoxy groups -OCH3 is 1. The van der Waals surface area contributed by atoms with E-state index >= 15 is 0 Å². The van der Waals surface area contributed by atoms with Gasteiger partial charge in [0.25, 0.3) is 0 Å². The van der Waals surface area contributed by atoms with Crippen LogP contribution in [-0.4, -0.2) is 32.5 Å². The standard InChI is InChI=1S/C20H21NO4/c1-3-24-20(22)21-18-13-25-19-10-9-15(23-2)12-17(19)16(18)11-14-7-5-4-6-8-14/h4-12,18H,3,13H2,1-2H3,(H,21,22)/b16-11+. The Hall–Kier alpha value is -2.95. The lowest BCUT2D eigenvalue weighted by atomic mass is 9.93. The Labute approximate surface area is 147 Å². The molecule has 1 heterocycles. The fraction of sp³-hybridized carbons (Fsp3) is 0.250. The zero-order chi connectivity index (χ0) is 17.6. The predicted molar refractivity (Wildman–Crippen MR) is 96.7 cm³/mol. The van der Waals surface area contributed by atoms with E-state index in [2.05, 4.69) is 11.4 Å². The van der Waals surface area contributed by atoms with Crippen LogP contribution in [0.15, 0.2) is 48.5 Å². The average molecular weight is 339 g/mol. The number of fused-ring (bicyclic) bond motifs is 1. The van der Waals surface area contributed by atoms with Crippen molar-refractivity contribution in [2.45, 2.75) is 13.0 Å². The number of carbonyl (C=O) groups excluding carboxylic acids is 1. The number of rotatable bonds is 4. The maximum atomic E-state index is 11.9. The molecule has 5 nitrogen and oxygen atoms in total. The summed E-state index contributed by atoms with van der Waals surface area (Å²) in [5.74, 6) is 1.50. The van der Waals surface area contributed by atoms with E-state index < -0.39 is 6.09 Å². The number of ether oxygens (including phenoxy) is 3. The first-order valence-corrected chi connectivity index (χ1v) is 8.22. The van der Waals surface area contributed by atoms with Gasteiger partial charge in [-0.2, -0.15) is 0 Å². The van der Waals surface area contributed by atoms with Gasteiger partial charge >= 0.3 is 6.09 Å². The van der Waals surface area contributed by atoms with Crippen molar-refractivity contribution in [1.29, 1.82) is 0 Å². The van der Waals surface area contributed by atoms with Gasteiger partial charge in [-0.15, -0.1) is 0 Å². The summed E-state index contributed by atoms with van der Waals surface area (Å²) in [5, 5.41) is 2.87. The second kappa shape index (κ2) is 7.75. The summed E-state index contributed by atoms with van der Waals surface area (Å²) in [6.45, 7) is 2.44. The first-order chi connectivity index (χ1) is 12.2. The van der Waals surface area contributed by atoms with Crippen LogP contribution >= 0.6 is 0 Å². The molecule has 2 aromatic rings. The molecule has 0 fully saturated rings. The molecule has 0 spiro atoms. The van der Waals surface area contributed by atoms with Crippen LogP contribution in [0.25, 0.3) is 11.6 Å². The molecule has 0 saturated heterocycles. The van der Waals surface area contributed by atoms with Gasteiger partial charge in [0.2, 0.25) is 0 Å². The number of hydrogen-bond acceptors (Lipinski definition) is 4. The molecular weight excluding hydrogens is 318 g/mol. The minimum Gasteiger partial charge on any atom is -0.497 e. The van der Waals surface area contributed by atoms with Gasteiger partial charge in [-0.25, -0.2) is 4.79 Å². The highest BCUT2D eigenvalue weighted by atomic mass is 16.5. The van der Waals surface area contributed by atoms with E-state index in [1.807, 2.05) is 48.5 Å². The summed E-state index contributed by atoms with van der Waals surface area (Å²) in [4.78, 5) is 11.9. The third-order valence-electron chi connectivity index (χ3n) is 3.97. The number of hydrogen-bond donors (Lipinski definition) is 1. The molecule has 1 unspecified atom stereocenters. The van der Waals surface area contributed by atoms with Crippen LogP contribution in [0.4, 0.5) is 4.79 Å². The molecule has 5 heteroatoms. The molecule has 1 amide bonds. The number of benzene rings is 2. The fourth-order valence-corrected chi connectivity index (χ4v) is 2.78. The molecule has 2 aromatic carbocycles. The molecule has 1 N–H and O–H groups in total. The zero-order valence-electron chi connectivity index (χ0n) is 14.3. The predicted octanol–water partition coefficient (Wildman–Crippen LogP) is 3.74. The number of carbonyl (C=O) groups is 1. The summed E-state index contributed by atoms with van der Waals surface area (Å²) in [7, 11) is 1.63. The molecule has 3 rings (SSSR count). The van der Waals surface area contributed by atoms with E-state index in [4.69, 9.17) is 14.2 Å². The lowest BCUT2D eigenvalue weighted by Crippen LogP contribution is -2.42. The maximum Gasteiger partial charge on any atom is 0.407 e. The lowest BCUT2D eigenvalue weighted by Gasteiger charge is -2.29. The Morgan fingerprint density at radius 3 is 2.80 bits per heavy atom. The fourth-order valence-electron chi connectivity index (χ4n) is 2.78. The van der Waals surface area contributed by atoms with Crippen LogP contribution in [0.1, 0.15) is 18.1 Å². The molecule has 130 valence electrons. The van der Waals surface area contributed by atoms with Crippen molar-refractivity contribution in [2.24, 2.45) is 0 Å². The van der Waals surface area contributed by atoms with Gasteiger partial charge in [0.05, 0.1) is 19.8 Å². The van der Waals surface area contributed by atoms with E-state index in [0.717, 1.165) is 28.2 Å². The van der Waals surface area contributed by atoms with Gasteiger partial charge in [0.15, 0.2) is 0 Å². The molecular formula is C20H21NO4. The van der Waals surface area contributed by atoms with Gasteiger partial charge in [-0.3, -0.25) is 0 Å². The monoisotopic (exact) mass is 339 g/mol. The second-order valence-electron chi connectivity index (χ2n) is 5.60. The third-order valence-corrected chi connectivity index (χ3v) is 3.97. The Morgan fingerprint density at radius 1 is 1.28 bits per heavy atom. The van der Waals surface area contributed by atoms with Crippen LogP contribution in [0.5, 0.6) is 11.5 Å². The van der Waals surface area contributed by atoms with Crippen LogP contribution < -0.4 is 14.8 Å². The van der Waals surface area contributed by atoms with Gasteiger partial charge in [-0.05, 0) is 42.3 Å². The highest BCUT2D eigenvalue weighted by Gasteiger charge is 2.27. The smallest absolute Gasteiger partial charge is 0.407 e. The Kier molecular flexibility index (Phi) is 5.23. The van der Waals surface area contributed by atoms with Crippen molar-refractivity contribution in [3.05, 3.63) is 59.7 Å². The zero-order valence-corrected chi connectivity index (χ0v) is 14.3. The topological polar surface area (TPSA) is 56.8 Å². The maximum absolute atomic E-state index is 11.9. The molecule has 1 aliphatic heterocycles. The quantitative estimate of drug-likeness (QED) is 0.922. The van der Waals surface area contributed by atoms with Crippen molar-refractivity contribution >= 4 is 17.7 Å². The molecule has 0 aromatic heterocycles. The summed E-state index contributed by atoms with van der Waals surface area (Å²) < 4.78 is 16.2. The third kappa shape index (κ3) is 3.94. The lowest BCUT2D eigenvalue weighted by molar-refractivity contribution is 0.146. The van der Waals surface area contributed by atoms with Crippen molar-refractivity contribution in [3.8, 4) is 11.5 Å². The van der Waals surface area contributed by atoms with Crippen LogP contribution in [0.3, 0.4) is 0 Å². The van der Waals surface area contributed by atoms with Gasteiger partial charge in [-0.1, -0.05) is 30.3 Å². The normalized spacial score (nSPS) is 17.4. The summed E-state index contributed by atoms with van der Waals surface area (Å²) in [6, 6.07) is 15.3. The molecule has 1 aliphatic rings. The molecule has 1 atom stereocenters.